The first kappa shape index (κ1) is 13.5. The van der Waals surface area contributed by atoms with Crippen LogP contribution in [0.25, 0.3) is 0 Å². The summed E-state index contributed by atoms with van der Waals surface area (Å²) in [6.45, 7) is 3.69. The third-order valence-electron chi connectivity index (χ3n) is 2.39. The van der Waals surface area contributed by atoms with Gasteiger partial charge in [-0.25, -0.2) is 0 Å². The second kappa shape index (κ2) is 5.19. The largest absolute Gasteiger partial charge is 0.469 e. The Hall–Kier alpha value is -0.540. The molecule has 0 spiro atoms. The molecule has 0 saturated heterocycles. The fourth-order valence-corrected chi connectivity index (χ4v) is 2.23. The highest BCUT2D eigenvalue weighted by molar-refractivity contribution is 9.10. The topological polar surface area (TPSA) is 26.3 Å². The van der Waals surface area contributed by atoms with Gasteiger partial charge in [0.25, 0.3) is 0 Å². The molecule has 0 unspecified atom stereocenters. The van der Waals surface area contributed by atoms with E-state index in [0.29, 0.717) is 11.4 Å². The molecule has 4 heteroatoms. The number of hydrogen-bond acceptors (Lipinski definition) is 2. The molecule has 0 aliphatic rings. The molecule has 1 rings (SSSR count). The smallest absolute Gasteiger partial charge is 0.311 e. The molecule has 0 fully saturated rings. The molecule has 0 saturated carbocycles. The summed E-state index contributed by atoms with van der Waals surface area (Å²) in [6.07, 6.45) is 0.561. The number of hydrogen-bond donors (Lipinski definition) is 0. The molecule has 0 aliphatic heterocycles. The highest BCUT2D eigenvalue weighted by Crippen LogP contribution is 2.29. The minimum absolute atomic E-state index is 0.230. The minimum Gasteiger partial charge on any atom is -0.469 e. The molecule has 0 bridgehead atoms. The predicted molar refractivity (Wildman–Crippen MR) is 68.7 cm³/mol. The van der Waals surface area contributed by atoms with Crippen molar-refractivity contribution >= 4 is 33.5 Å². The van der Waals surface area contributed by atoms with Gasteiger partial charge in [0.15, 0.2) is 0 Å². The van der Waals surface area contributed by atoms with Gasteiger partial charge in [-0.3, -0.25) is 4.79 Å². The van der Waals surface area contributed by atoms with Crippen LogP contribution in [-0.2, 0) is 16.0 Å². The zero-order valence-electron chi connectivity index (χ0n) is 9.51. The quantitative estimate of drug-likeness (QED) is 0.793. The van der Waals surface area contributed by atoms with Crippen molar-refractivity contribution in [2.75, 3.05) is 7.11 Å². The van der Waals surface area contributed by atoms with Gasteiger partial charge in [-0.05, 0) is 38.0 Å². The van der Waals surface area contributed by atoms with E-state index in [4.69, 9.17) is 16.3 Å². The van der Waals surface area contributed by atoms with E-state index < -0.39 is 5.41 Å². The number of esters is 1. The SMILES string of the molecule is COC(=O)C(C)(C)Cc1ccc(Br)cc1Cl. The van der Waals surface area contributed by atoms with Gasteiger partial charge in [0.2, 0.25) is 0 Å². The van der Waals surface area contributed by atoms with E-state index in [2.05, 4.69) is 15.9 Å². The zero-order valence-corrected chi connectivity index (χ0v) is 11.9. The predicted octanol–water partition coefficient (Wildman–Crippen LogP) is 3.84. The van der Waals surface area contributed by atoms with Crippen LogP contribution in [0, 0.1) is 5.41 Å². The molecule has 88 valence electrons. The number of methoxy groups -OCH3 is 1. The molecule has 0 atom stereocenters. The number of halogens is 2. The van der Waals surface area contributed by atoms with E-state index in [1.807, 2.05) is 32.0 Å². The van der Waals surface area contributed by atoms with Gasteiger partial charge in [0.1, 0.15) is 0 Å². The molecule has 0 aromatic heterocycles. The number of carbonyl (C=O) groups is 1. The van der Waals surface area contributed by atoms with Crippen molar-refractivity contribution in [3.8, 4) is 0 Å². The molecule has 2 nitrogen and oxygen atoms in total. The summed E-state index contributed by atoms with van der Waals surface area (Å²) in [4.78, 5) is 11.5. The summed E-state index contributed by atoms with van der Waals surface area (Å²) in [5, 5.41) is 0.659. The fraction of sp³-hybridized carbons (Fsp3) is 0.417. The molecule has 0 amide bonds. The summed E-state index contributed by atoms with van der Waals surface area (Å²) in [6, 6.07) is 5.65. The van der Waals surface area contributed by atoms with Crippen molar-refractivity contribution in [3.05, 3.63) is 33.3 Å². The van der Waals surface area contributed by atoms with E-state index in [1.165, 1.54) is 7.11 Å². The lowest BCUT2D eigenvalue weighted by molar-refractivity contribution is -0.150. The van der Waals surface area contributed by atoms with Crippen LogP contribution < -0.4 is 0 Å². The van der Waals surface area contributed by atoms with Crippen LogP contribution in [0.1, 0.15) is 19.4 Å². The Morgan fingerprint density at radius 1 is 1.50 bits per heavy atom. The standard InChI is InChI=1S/C12H14BrClO2/c1-12(2,11(15)16-3)7-8-4-5-9(13)6-10(8)14/h4-6H,7H2,1-3H3. The minimum atomic E-state index is -0.563. The molecule has 1 aromatic carbocycles. The summed E-state index contributed by atoms with van der Waals surface area (Å²) in [5.74, 6) is -0.230. The molecular weight excluding hydrogens is 291 g/mol. The molecular formula is C12H14BrClO2. The van der Waals surface area contributed by atoms with Crippen LogP contribution in [0.2, 0.25) is 5.02 Å². The first-order chi connectivity index (χ1) is 7.36. The van der Waals surface area contributed by atoms with Crippen molar-refractivity contribution < 1.29 is 9.53 Å². The zero-order chi connectivity index (χ0) is 12.3. The molecule has 0 radical (unpaired) electrons. The Kier molecular flexibility index (Phi) is 4.39. The first-order valence-corrected chi connectivity index (χ1v) is 6.06. The summed E-state index contributed by atoms with van der Waals surface area (Å²) in [5.41, 5.74) is 0.381. The van der Waals surface area contributed by atoms with Gasteiger partial charge in [-0.15, -0.1) is 0 Å². The average Bonchev–Trinajstić information content (AvgIpc) is 2.21. The van der Waals surface area contributed by atoms with Crippen LogP contribution >= 0.6 is 27.5 Å². The van der Waals surface area contributed by atoms with E-state index in [9.17, 15) is 4.79 Å². The maximum atomic E-state index is 11.5. The van der Waals surface area contributed by atoms with Crippen LogP contribution in [0.3, 0.4) is 0 Å². The highest BCUT2D eigenvalue weighted by Gasteiger charge is 2.29. The van der Waals surface area contributed by atoms with Gasteiger partial charge in [0.05, 0.1) is 12.5 Å². The number of rotatable bonds is 3. The van der Waals surface area contributed by atoms with Crippen molar-refractivity contribution in [3.63, 3.8) is 0 Å². The number of carbonyl (C=O) groups excluding carboxylic acids is 1. The van der Waals surface area contributed by atoms with Crippen molar-refractivity contribution in [1.29, 1.82) is 0 Å². The van der Waals surface area contributed by atoms with E-state index >= 15 is 0 Å². The lowest BCUT2D eigenvalue weighted by Gasteiger charge is -2.22. The van der Waals surface area contributed by atoms with Gasteiger partial charge < -0.3 is 4.74 Å². The molecule has 1 aromatic rings. The first-order valence-electron chi connectivity index (χ1n) is 4.89. The van der Waals surface area contributed by atoms with E-state index in [0.717, 1.165) is 10.0 Å². The summed E-state index contributed by atoms with van der Waals surface area (Å²) >= 11 is 9.44. The average molecular weight is 306 g/mol. The lowest BCUT2D eigenvalue weighted by atomic mass is 9.86. The van der Waals surface area contributed by atoms with Crippen molar-refractivity contribution in [2.24, 2.45) is 5.41 Å². The number of ether oxygens (including phenoxy) is 1. The van der Waals surface area contributed by atoms with Gasteiger partial charge >= 0.3 is 5.97 Å². The molecule has 0 aliphatic carbocycles. The summed E-state index contributed by atoms with van der Waals surface area (Å²) in [7, 11) is 1.40. The Bertz CT molecular complexity index is 402. The van der Waals surface area contributed by atoms with Crippen LogP contribution in [0.15, 0.2) is 22.7 Å². The lowest BCUT2D eigenvalue weighted by Crippen LogP contribution is -2.28. The second-order valence-corrected chi connectivity index (χ2v) is 5.61. The fourth-order valence-electron chi connectivity index (χ4n) is 1.49. The Morgan fingerprint density at radius 3 is 2.62 bits per heavy atom. The third kappa shape index (κ3) is 3.22. The molecule has 0 N–H and O–H groups in total. The van der Waals surface area contributed by atoms with E-state index in [-0.39, 0.29) is 5.97 Å². The normalized spacial score (nSPS) is 11.3. The van der Waals surface area contributed by atoms with Crippen LogP contribution in [0.5, 0.6) is 0 Å². The van der Waals surface area contributed by atoms with E-state index in [1.54, 1.807) is 0 Å². The number of benzene rings is 1. The Morgan fingerprint density at radius 2 is 2.12 bits per heavy atom. The third-order valence-corrected chi connectivity index (χ3v) is 3.23. The highest BCUT2D eigenvalue weighted by atomic mass is 79.9. The van der Waals surface area contributed by atoms with Crippen molar-refractivity contribution in [1.82, 2.24) is 0 Å². The van der Waals surface area contributed by atoms with Gasteiger partial charge in [0, 0.05) is 9.50 Å². The summed E-state index contributed by atoms with van der Waals surface area (Å²) < 4.78 is 5.69. The van der Waals surface area contributed by atoms with Gasteiger partial charge in [-0.2, -0.15) is 0 Å². The molecule has 16 heavy (non-hydrogen) atoms. The Balaban J connectivity index is 2.92. The van der Waals surface area contributed by atoms with Gasteiger partial charge in [-0.1, -0.05) is 33.6 Å². The Labute approximate surface area is 109 Å². The van der Waals surface area contributed by atoms with Crippen LogP contribution in [-0.4, -0.2) is 13.1 Å². The van der Waals surface area contributed by atoms with Crippen LogP contribution in [0.4, 0.5) is 0 Å². The maximum absolute atomic E-state index is 11.5. The second-order valence-electron chi connectivity index (χ2n) is 4.29. The van der Waals surface area contributed by atoms with Crippen molar-refractivity contribution in [2.45, 2.75) is 20.3 Å². The maximum Gasteiger partial charge on any atom is 0.311 e. The molecule has 0 heterocycles. The monoisotopic (exact) mass is 304 g/mol.